The van der Waals surface area contributed by atoms with Gasteiger partial charge in [0.25, 0.3) is 5.78 Å². The van der Waals surface area contributed by atoms with E-state index < -0.39 is 0 Å². The molecule has 2 aromatic carbocycles. The lowest BCUT2D eigenvalue weighted by Crippen LogP contribution is -2.11. The molecule has 0 fully saturated rings. The molecule has 2 aromatic rings. The number of carbonyl (C=O) groups excluding carboxylic acids is 1. The second-order valence-electron chi connectivity index (χ2n) is 3.82. The van der Waals surface area contributed by atoms with Crippen molar-refractivity contribution in [1.29, 1.82) is 0 Å². The van der Waals surface area contributed by atoms with Gasteiger partial charge in [0.2, 0.25) is 0 Å². The first kappa shape index (κ1) is 10.4. The van der Waals surface area contributed by atoms with E-state index in [1.807, 2.05) is 48.5 Å². The summed E-state index contributed by atoms with van der Waals surface area (Å²) in [5.41, 5.74) is 2.22. The summed E-state index contributed by atoms with van der Waals surface area (Å²) in [6.45, 7) is 0. The van der Waals surface area contributed by atoms with Crippen molar-refractivity contribution < 1.29 is 8.54 Å². The SMILES string of the molecule is c1ccc(C2=[O+][Si-]OC2c2ccccc2)cc1. The molecular formula is C14H11O2Si. The van der Waals surface area contributed by atoms with Crippen LogP contribution >= 0.6 is 0 Å². The second kappa shape index (κ2) is 4.65. The Bertz CT molecular complexity index is 522. The van der Waals surface area contributed by atoms with Crippen LogP contribution < -0.4 is 0 Å². The van der Waals surface area contributed by atoms with Crippen molar-refractivity contribution in [3.8, 4) is 0 Å². The average molecular weight is 239 g/mol. The van der Waals surface area contributed by atoms with Crippen molar-refractivity contribution in [2.24, 2.45) is 0 Å². The largest absolute Gasteiger partial charge is 0.494 e. The van der Waals surface area contributed by atoms with Crippen molar-refractivity contribution >= 4 is 15.8 Å². The van der Waals surface area contributed by atoms with Crippen molar-refractivity contribution in [3.63, 3.8) is 0 Å². The highest BCUT2D eigenvalue weighted by Gasteiger charge is 2.29. The predicted molar refractivity (Wildman–Crippen MR) is 66.8 cm³/mol. The maximum Gasteiger partial charge on any atom is 0.339 e. The summed E-state index contributed by atoms with van der Waals surface area (Å²) in [6.07, 6.45) is -0.0723. The maximum atomic E-state index is 5.67. The van der Waals surface area contributed by atoms with Crippen LogP contribution in [0.3, 0.4) is 0 Å². The Morgan fingerprint density at radius 3 is 2.24 bits per heavy atom. The van der Waals surface area contributed by atoms with E-state index in [0.717, 1.165) is 16.9 Å². The Labute approximate surface area is 103 Å². The molecular weight excluding hydrogens is 228 g/mol. The van der Waals surface area contributed by atoms with Gasteiger partial charge in [-0.3, -0.25) is 0 Å². The molecule has 17 heavy (non-hydrogen) atoms. The summed E-state index contributed by atoms with van der Waals surface area (Å²) in [5.74, 6) is 0.912. The third-order valence-electron chi connectivity index (χ3n) is 2.72. The van der Waals surface area contributed by atoms with Crippen molar-refractivity contribution in [2.45, 2.75) is 6.10 Å². The van der Waals surface area contributed by atoms with Gasteiger partial charge in [0.15, 0.2) is 6.10 Å². The molecule has 0 amide bonds. The molecule has 3 heteroatoms. The minimum atomic E-state index is -0.0723. The average Bonchev–Trinajstić information content (AvgIpc) is 2.90. The Kier molecular flexibility index (Phi) is 2.86. The topological polar surface area (TPSA) is 20.5 Å². The Morgan fingerprint density at radius 1 is 0.882 bits per heavy atom. The van der Waals surface area contributed by atoms with E-state index in [9.17, 15) is 0 Å². The highest BCUT2D eigenvalue weighted by molar-refractivity contribution is 6.23. The lowest BCUT2D eigenvalue weighted by molar-refractivity contribution is -0.0840. The van der Waals surface area contributed by atoms with Crippen LogP contribution in [0, 0.1) is 0 Å². The first-order valence-electron chi connectivity index (χ1n) is 5.50. The highest BCUT2D eigenvalue weighted by Crippen LogP contribution is 2.25. The molecule has 83 valence electrons. The van der Waals surface area contributed by atoms with Crippen LogP contribution in [0.15, 0.2) is 60.7 Å². The Balaban J connectivity index is 1.96. The normalized spacial score (nSPS) is 18.6. The number of hydrogen-bond donors (Lipinski definition) is 0. The zero-order valence-electron chi connectivity index (χ0n) is 9.17. The standard InChI is InChI=1S/C14H11O2Si/c1-3-7-11(8-4-1)13-14(16-17-15-13)12-9-5-2-6-10-12/h1-10,13H. The number of hydrogen-bond acceptors (Lipinski definition) is 1. The first-order valence-corrected chi connectivity index (χ1v) is 6.31. The van der Waals surface area contributed by atoms with Gasteiger partial charge in [-0.15, -0.1) is 0 Å². The van der Waals surface area contributed by atoms with Gasteiger partial charge >= 0.3 is 10.0 Å². The molecule has 0 N–H and O–H groups in total. The summed E-state index contributed by atoms with van der Waals surface area (Å²) >= 11 is 0. The molecule has 1 radical (unpaired) electrons. The molecule has 0 aromatic heterocycles. The van der Waals surface area contributed by atoms with E-state index in [0.29, 0.717) is 0 Å². The fraction of sp³-hybridized carbons (Fsp3) is 0.0714. The van der Waals surface area contributed by atoms with Crippen LogP contribution in [0.25, 0.3) is 0 Å². The van der Waals surface area contributed by atoms with Gasteiger partial charge in [-0.1, -0.05) is 48.5 Å². The molecule has 1 aliphatic heterocycles. The van der Waals surface area contributed by atoms with Gasteiger partial charge in [-0.25, -0.2) is 0 Å². The summed E-state index contributed by atoms with van der Waals surface area (Å²) < 4.78 is 11.3. The van der Waals surface area contributed by atoms with Crippen molar-refractivity contribution in [3.05, 3.63) is 71.8 Å². The minimum absolute atomic E-state index is 0.0723. The van der Waals surface area contributed by atoms with Gasteiger partial charge in [0.05, 0.1) is 5.56 Å². The van der Waals surface area contributed by atoms with Gasteiger partial charge in [-0.2, -0.15) is 0 Å². The quantitative estimate of drug-likeness (QED) is 0.583. The third kappa shape index (κ3) is 2.07. The third-order valence-corrected chi connectivity index (χ3v) is 3.35. The molecule has 0 spiro atoms. The van der Waals surface area contributed by atoms with E-state index in [4.69, 9.17) is 8.54 Å². The van der Waals surface area contributed by atoms with Crippen molar-refractivity contribution in [1.82, 2.24) is 0 Å². The number of benzene rings is 2. The monoisotopic (exact) mass is 239 g/mol. The lowest BCUT2D eigenvalue weighted by atomic mass is 10.0. The predicted octanol–water partition coefficient (Wildman–Crippen LogP) is 2.71. The molecule has 1 unspecified atom stereocenters. The van der Waals surface area contributed by atoms with Gasteiger partial charge in [0.1, 0.15) is 0 Å². The van der Waals surface area contributed by atoms with Crippen molar-refractivity contribution in [2.75, 3.05) is 0 Å². The van der Waals surface area contributed by atoms with Crippen LogP contribution in [0.5, 0.6) is 0 Å². The fourth-order valence-corrected chi connectivity index (χ4v) is 2.59. The van der Waals surface area contributed by atoms with E-state index >= 15 is 0 Å². The number of rotatable bonds is 2. The molecule has 1 atom stereocenters. The molecule has 0 saturated heterocycles. The van der Waals surface area contributed by atoms with Crippen LogP contribution in [0.4, 0.5) is 0 Å². The van der Waals surface area contributed by atoms with Crippen LogP contribution in [0.2, 0.25) is 0 Å². The zero-order chi connectivity index (χ0) is 11.5. The van der Waals surface area contributed by atoms with Crippen LogP contribution in [-0.2, 0) is 4.43 Å². The fourth-order valence-electron chi connectivity index (χ4n) is 1.88. The van der Waals surface area contributed by atoms with Crippen LogP contribution in [-0.4, -0.2) is 15.8 Å². The van der Waals surface area contributed by atoms with Crippen LogP contribution in [0.1, 0.15) is 21.3 Å². The molecule has 0 saturated carbocycles. The number of ketones is 1. The first-order chi connectivity index (χ1) is 8.45. The summed E-state index contributed by atoms with van der Waals surface area (Å²) in [7, 11) is 0.0833. The van der Waals surface area contributed by atoms with E-state index in [2.05, 4.69) is 12.1 Å². The molecule has 2 nitrogen and oxygen atoms in total. The Hall–Kier alpha value is -1.71. The van der Waals surface area contributed by atoms with Gasteiger partial charge in [-0.05, 0) is 17.7 Å². The zero-order valence-corrected chi connectivity index (χ0v) is 10.2. The summed E-state index contributed by atoms with van der Waals surface area (Å²) in [4.78, 5) is 0. The highest BCUT2D eigenvalue weighted by atomic mass is 28.2. The van der Waals surface area contributed by atoms with E-state index in [1.54, 1.807) is 0 Å². The molecule has 0 bridgehead atoms. The lowest BCUT2D eigenvalue weighted by Gasteiger charge is -2.10. The van der Waals surface area contributed by atoms with E-state index in [-0.39, 0.29) is 16.1 Å². The van der Waals surface area contributed by atoms with Gasteiger partial charge < -0.3 is 8.54 Å². The van der Waals surface area contributed by atoms with E-state index in [1.165, 1.54) is 0 Å². The second-order valence-corrected chi connectivity index (χ2v) is 4.43. The summed E-state index contributed by atoms with van der Waals surface area (Å²) in [5, 5.41) is 0. The Morgan fingerprint density at radius 2 is 1.53 bits per heavy atom. The smallest absolute Gasteiger partial charge is 0.339 e. The molecule has 0 aliphatic carbocycles. The van der Waals surface area contributed by atoms with Gasteiger partial charge in [0, 0.05) is 0 Å². The minimum Gasteiger partial charge on any atom is -0.494 e. The maximum absolute atomic E-state index is 5.67. The molecule has 1 aliphatic rings. The summed E-state index contributed by atoms with van der Waals surface area (Å²) in [6, 6.07) is 20.3. The molecule has 1 heterocycles. The molecule has 3 rings (SSSR count).